The van der Waals surface area contributed by atoms with Crippen LogP contribution in [0.5, 0.6) is 11.5 Å². The average molecular weight is 269 g/mol. The lowest BCUT2D eigenvalue weighted by atomic mass is 10.2. The first-order valence-corrected chi connectivity index (χ1v) is 5.77. The van der Waals surface area contributed by atoms with Crippen molar-refractivity contribution in [3.63, 3.8) is 0 Å². The van der Waals surface area contributed by atoms with Crippen molar-refractivity contribution in [1.82, 2.24) is 0 Å². The first-order valence-electron chi connectivity index (χ1n) is 5.01. The maximum atomic E-state index is 8.92. The number of halogens is 2. The second-order valence-electron chi connectivity index (χ2n) is 3.51. The molecule has 0 atom stereocenters. The third-order valence-corrected chi connectivity index (χ3v) is 2.61. The molecule has 0 unspecified atom stereocenters. The number of aliphatic hydroxyl groups excluding tert-OH is 1. The maximum Gasteiger partial charge on any atom is 0.130 e. The molecule has 0 fully saturated rings. The SMILES string of the molecule is OCc1ccc(Oc2cc(Cl)cc(Cl)c2)cc1. The molecule has 0 aliphatic rings. The van der Waals surface area contributed by atoms with Gasteiger partial charge in [0.15, 0.2) is 0 Å². The van der Waals surface area contributed by atoms with E-state index in [-0.39, 0.29) is 6.61 Å². The zero-order valence-electron chi connectivity index (χ0n) is 8.86. The van der Waals surface area contributed by atoms with Crippen LogP contribution in [0, 0.1) is 0 Å². The van der Waals surface area contributed by atoms with E-state index in [1.807, 2.05) is 0 Å². The largest absolute Gasteiger partial charge is 0.457 e. The molecule has 0 spiro atoms. The van der Waals surface area contributed by atoms with Crippen LogP contribution in [0.25, 0.3) is 0 Å². The van der Waals surface area contributed by atoms with Crippen LogP contribution < -0.4 is 4.74 Å². The van der Waals surface area contributed by atoms with E-state index in [0.717, 1.165) is 5.56 Å². The van der Waals surface area contributed by atoms with Crippen molar-refractivity contribution in [2.45, 2.75) is 6.61 Å². The van der Waals surface area contributed by atoms with Crippen LogP contribution in [0.3, 0.4) is 0 Å². The fraction of sp³-hybridized carbons (Fsp3) is 0.0769. The van der Waals surface area contributed by atoms with Crippen LogP contribution in [0.4, 0.5) is 0 Å². The Balaban J connectivity index is 2.19. The Hall–Kier alpha value is -1.22. The number of hydrogen-bond donors (Lipinski definition) is 1. The quantitative estimate of drug-likeness (QED) is 0.901. The fourth-order valence-corrected chi connectivity index (χ4v) is 1.89. The molecule has 0 saturated heterocycles. The molecule has 0 aliphatic heterocycles. The summed E-state index contributed by atoms with van der Waals surface area (Å²) >= 11 is 11.7. The maximum absolute atomic E-state index is 8.92. The van der Waals surface area contributed by atoms with Gasteiger partial charge in [-0.25, -0.2) is 0 Å². The standard InChI is InChI=1S/C13H10Cl2O2/c14-10-5-11(15)7-13(6-10)17-12-3-1-9(8-16)2-4-12/h1-7,16H,8H2. The van der Waals surface area contributed by atoms with Gasteiger partial charge in [0.25, 0.3) is 0 Å². The van der Waals surface area contributed by atoms with Crippen LogP contribution in [-0.2, 0) is 6.61 Å². The molecule has 0 aromatic heterocycles. The zero-order valence-corrected chi connectivity index (χ0v) is 10.4. The predicted molar refractivity (Wildman–Crippen MR) is 68.9 cm³/mol. The molecule has 2 aromatic carbocycles. The molecule has 0 amide bonds. The number of hydrogen-bond acceptors (Lipinski definition) is 2. The van der Waals surface area contributed by atoms with Gasteiger partial charge in [0.1, 0.15) is 11.5 Å². The molecule has 0 radical (unpaired) electrons. The Bertz CT molecular complexity index is 489. The van der Waals surface area contributed by atoms with Gasteiger partial charge in [-0.05, 0) is 35.9 Å². The molecule has 2 nitrogen and oxygen atoms in total. The van der Waals surface area contributed by atoms with Gasteiger partial charge in [-0.2, -0.15) is 0 Å². The van der Waals surface area contributed by atoms with Crippen molar-refractivity contribution in [3.05, 3.63) is 58.1 Å². The van der Waals surface area contributed by atoms with Gasteiger partial charge < -0.3 is 9.84 Å². The lowest BCUT2D eigenvalue weighted by Crippen LogP contribution is -1.86. The first kappa shape index (κ1) is 12.2. The van der Waals surface area contributed by atoms with Crippen LogP contribution in [-0.4, -0.2) is 5.11 Å². The second-order valence-corrected chi connectivity index (χ2v) is 4.38. The molecule has 0 bridgehead atoms. The van der Waals surface area contributed by atoms with Crippen molar-refractivity contribution in [1.29, 1.82) is 0 Å². The summed E-state index contributed by atoms with van der Waals surface area (Å²) in [7, 11) is 0. The third kappa shape index (κ3) is 3.37. The van der Waals surface area contributed by atoms with E-state index in [1.165, 1.54) is 0 Å². The Morgan fingerprint density at radius 2 is 1.47 bits per heavy atom. The monoisotopic (exact) mass is 268 g/mol. The van der Waals surface area contributed by atoms with Gasteiger partial charge in [-0.1, -0.05) is 35.3 Å². The smallest absolute Gasteiger partial charge is 0.130 e. The normalized spacial score (nSPS) is 10.3. The van der Waals surface area contributed by atoms with E-state index in [0.29, 0.717) is 21.5 Å². The summed E-state index contributed by atoms with van der Waals surface area (Å²) in [5.41, 5.74) is 0.835. The first-order chi connectivity index (χ1) is 8.17. The Labute approximate surface area is 109 Å². The van der Waals surface area contributed by atoms with Crippen LogP contribution >= 0.6 is 23.2 Å². The molecular formula is C13H10Cl2O2. The Kier molecular flexibility index (Phi) is 3.89. The van der Waals surface area contributed by atoms with Crippen molar-refractivity contribution in [3.8, 4) is 11.5 Å². The van der Waals surface area contributed by atoms with Gasteiger partial charge in [-0.3, -0.25) is 0 Å². The van der Waals surface area contributed by atoms with Crippen LogP contribution in [0.2, 0.25) is 10.0 Å². The fourth-order valence-electron chi connectivity index (χ4n) is 1.39. The molecular weight excluding hydrogens is 259 g/mol. The second kappa shape index (κ2) is 5.41. The number of ether oxygens (including phenoxy) is 1. The van der Waals surface area contributed by atoms with E-state index in [2.05, 4.69) is 0 Å². The summed E-state index contributed by atoms with van der Waals surface area (Å²) in [6, 6.07) is 12.2. The minimum absolute atomic E-state index is 0.0171. The highest BCUT2D eigenvalue weighted by molar-refractivity contribution is 6.34. The summed E-state index contributed by atoms with van der Waals surface area (Å²) in [6.07, 6.45) is 0. The molecule has 2 rings (SSSR count). The predicted octanol–water partition coefficient (Wildman–Crippen LogP) is 4.28. The van der Waals surface area contributed by atoms with Gasteiger partial charge in [0, 0.05) is 10.0 Å². The summed E-state index contributed by atoms with van der Waals surface area (Å²) in [5, 5.41) is 9.97. The molecule has 0 aliphatic carbocycles. The summed E-state index contributed by atoms with van der Waals surface area (Å²) in [4.78, 5) is 0. The molecule has 17 heavy (non-hydrogen) atoms. The minimum Gasteiger partial charge on any atom is -0.457 e. The number of aliphatic hydroxyl groups is 1. The number of rotatable bonds is 3. The lowest BCUT2D eigenvalue weighted by Gasteiger charge is -2.07. The average Bonchev–Trinajstić information content (AvgIpc) is 2.28. The van der Waals surface area contributed by atoms with Gasteiger partial charge >= 0.3 is 0 Å². The van der Waals surface area contributed by atoms with E-state index in [9.17, 15) is 0 Å². The van der Waals surface area contributed by atoms with E-state index < -0.39 is 0 Å². The molecule has 88 valence electrons. The van der Waals surface area contributed by atoms with Gasteiger partial charge in [0.2, 0.25) is 0 Å². The molecule has 0 heterocycles. The Morgan fingerprint density at radius 3 is 2.00 bits per heavy atom. The van der Waals surface area contributed by atoms with E-state index in [1.54, 1.807) is 42.5 Å². The molecule has 2 aromatic rings. The van der Waals surface area contributed by atoms with Gasteiger partial charge in [-0.15, -0.1) is 0 Å². The van der Waals surface area contributed by atoms with Crippen molar-refractivity contribution < 1.29 is 9.84 Å². The molecule has 4 heteroatoms. The molecule has 0 saturated carbocycles. The van der Waals surface area contributed by atoms with Crippen LogP contribution in [0.1, 0.15) is 5.56 Å². The number of benzene rings is 2. The van der Waals surface area contributed by atoms with E-state index in [4.69, 9.17) is 33.0 Å². The highest BCUT2D eigenvalue weighted by Gasteiger charge is 2.01. The summed E-state index contributed by atoms with van der Waals surface area (Å²) < 4.78 is 5.59. The highest BCUT2D eigenvalue weighted by Crippen LogP contribution is 2.28. The summed E-state index contributed by atoms with van der Waals surface area (Å²) in [5.74, 6) is 1.25. The zero-order chi connectivity index (χ0) is 12.3. The molecule has 1 N–H and O–H groups in total. The van der Waals surface area contributed by atoms with Crippen LogP contribution in [0.15, 0.2) is 42.5 Å². The topological polar surface area (TPSA) is 29.5 Å². The third-order valence-electron chi connectivity index (χ3n) is 2.18. The summed E-state index contributed by atoms with van der Waals surface area (Å²) in [6.45, 7) is 0.0171. The van der Waals surface area contributed by atoms with Crippen molar-refractivity contribution in [2.24, 2.45) is 0 Å². The minimum atomic E-state index is 0.0171. The lowest BCUT2D eigenvalue weighted by molar-refractivity contribution is 0.281. The van der Waals surface area contributed by atoms with Crippen molar-refractivity contribution >= 4 is 23.2 Å². The van der Waals surface area contributed by atoms with Crippen molar-refractivity contribution in [2.75, 3.05) is 0 Å². The van der Waals surface area contributed by atoms with Gasteiger partial charge in [0.05, 0.1) is 6.61 Å². The highest BCUT2D eigenvalue weighted by atomic mass is 35.5. The Morgan fingerprint density at radius 1 is 0.882 bits per heavy atom. The van der Waals surface area contributed by atoms with E-state index >= 15 is 0 Å².